The standard InChI is InChI=1S/C27H28N2/c1-5-7-12-23(6-2)28-24-15-17-25(18-16-24)29(26-13-8-10-21(3)19-26)27-14-9-11-22(4)20-27/h5-20,28H,2H2,1,3-4H3/b7-5-,23-12+. The van der Waals surface area contributed by atoms with E-state index >= 15 is 0 Å². The summed E-state index contributed by atoms with van der Waals surface area (Å²) in [5, 5.41) is 3.40. The summed E-state index contributed by atoms with van der Waals surface area (Å²) in [5.41, 5.74) is 7.88. The molecule has 0 heterocycles. The van der Waals surface area contributed by atoms with Gasteiger partial charge < -0.3 is 10.2 Å². The summed E-state index contributed by atoms with van der Waals surface area (Å²) < 4.78 is 0. The molecule has 0 bridgehead atoms. The quantitative estimate of drug-likeness (QED) is 0.420. The molecule has 146 valence electrons. The monoisotopic (exact) mass is 380 g/mol. The average molecular weight is 381 g/mol. The van der Waals surface area contributed by atoms with Gasteiger partial charge in [-0.3, -0.25) is 0 Å². The Balaban J connectivity index is 1.97. The van der Waals surface area contributed by atoms with Crippen LogP contribution in [0.1, 0.15) is 18.1 Å². The molecule has 0 atom stereocenters. The summed E-state index contributed by atoms with van der Waals surface area (Å²) in [6, 6.07) is 25.7. The van der Waals surface area contributed by atoms with Gasteiger partial charge in [-0.05, 0) is 92.6 Å². The van der Waals surface area contributed by atoms with Crippen molar-refractivity contribution in [2.75, 3.05) is 10.2 Å². The number of anilines is 4. The van der Waals surface area contributed by atoms with Crippen LogP contribution in [0.5, 0.6) is 0 Å². The molecular weight excluding hydrogens is 352 g/mol. The van der Waals surface area contributed by atoms with E-state index in [2.05, 4.69) is 103 Å². The van der Waals surface area contributed by atoms with Crippen LogP contribution in [0.15, 0.2) is 109 Å². The van der Waals surface area contributed by atoms with Gasteiger partial charge in [0, 0.05) is 28.4 Å². The maximum absolute atomic E-state index is 3.88. The van der Waals surface area contributed by atoms with Crippen molar-refractivity contribution in [2.24, 2.45) is 0 Å². The van der Waals surface area contributed by atoms with E-state index in [0.29, 0.717) is 0 Å². The fourth-order valence-corrected chi connectivity index (χ4v) is 3.20. The molecule has 0 radical (unpaired) electrons. The maximum Gasteiger partial charge on any atom is 0.0464 e. The Morgan fingerprint density at radius 1 is 0.828 bits per heavy atom. The molecule has 0 unspecified atom stereocenters. The van der Waals surface area contributed by atoms with Gasteiger partial charge in [0.2, 0.25) is 0 Å². The Morgan fingerprint density at radius 3 is 1.90 bits per heavy atom. The van der Waals surface area contributed by atoms with Crippen LogP contribution >= 0.6 is 0 Å². The van der Waals surface area contributed by atoms with E-state index in [0.717, 1.165) is 28.4 Å². The molecule has 0 aliphatic heterocycles. The lowest BCUT2D eigenvalue weighted by Crippen LogP contribution is -2.10. The Bertz CT molecular complexity index is 981. The van der Waals surface area contributed by atoms with Gasteiger partial charge in [0.25, 0.3) is 0 Å². The van der Waals surface area contributed by atoms with Crippen LogP contribution in [0.3, 0.4) is 0 Å². The molecule has 0 saturated heterocycles. The number of rotatable bonds is 7. The van der Waals surface area contributed by atoms with E-state index in [1.807, 2.05) is 31.2 Å². The van der Waals surface area contributed by atoms with E-state index in [1.54, 1.807) is 0 Å². The van der Waals surface area contributed by atoms with Gasteiger partial charge in [-0.2, -0.15) is 0 Å². The molecule has 0 fully saturated rings. The van der Waals surface area contributed by atoms with E-state index in [-0.39, 0.29) is 0 Å². The van der Waals surface area contributed by atoms with Crippen LogP contribution in [0.2, 0.25) is 0 Å². The largest absolute Gasteiger partial charge is 0.356 e. The molecule has 0 aliphatic carbocycles. The second-order valence-corrected chi connectivity index (χ2v) is 7.04. The van der Waals surface area contributed by atoms with E-state index in [9.17, 15) is 0 Å². The zero-order chi connectivity index (χ0) is 20.6. The second-order valence-electron chi connectivity index (χ2n) is 7.04. The van der Waals surface area contributed by atoms with Crippen LogP contribution in [-0.2, 0) is 0 Å². The van der Waals surface area contributed by atoms with Crippen LogP contribution < -0.4 is 10.2 Å². The summed E-state index contributed by atoms with van der Waals surface area (Å²) in [5.74, 6) is 0. The third-order valence-electron chi connectivity index (χ3n) is 4.62. The van der Waals surface area contributed by atoms with Gasteiger partial charge in [0.15, 0.2) is 0 Å². The first-order chi connectivity index (χ1) is 14.1. The summed E-state index contributed by atoms with van der Waals surface area (Å²) in [7, 11) is 0. The molecular formula is C27H28N2. The third kappa shape index (κ3) is 5.26. The maximum atomic E-state index is 3.88. The summed E-state index contributed by atoms with van der Waals surface area (Å²) in [4.78, 5) is 2.29. The molecule has 0 saturated carbocycles. The molecule has 3 aromatic rings. The van der Waals surface area contributed by atoms with Gasteiger partial charge in [-0.25, -0.2) is 0 Å². The number of hydrogen-bond acceptors (Lipinski definition) is 2. The lowest BCUT2D eigenvalue weighted by molar-refractivity contribution is 1.26. The number of nitrogens with one attached hydrogen (secondary N) is 1. The SMILES string of the molecule is C=C/C(=C\C=C/C)Nc1ccc(N(c2cccc(C)c2)c2cccc(C)c2)cc1. The number of benzene rings is 3. The Hall–Kier alpha value is -3.52. The topological polar surface area (TPSA) is 15.3 Å². The molecule has 0 aromatic heterocycles. The van der Waals surface area contributed by atoms with Crippen molar-refractivity contribution in [2.45, 2.75) is 20.8 Å². The van der Waals surface area contributed by atoms with Gasteiger partial charge >= 0.3 is 0 Å². The van der Waals surface area contributed by atoms with Crippen LogP contribution in [0, 0.1) is 13.8 Å². The van der Waals surface area contributed by atoms with Crippen molar-refractivity contribution in [1.82, 2.24) is 0 Å². The normalized spacial score (nSPS) is 11.5. The van der Waals surface area contributed by atoms with Crippen molar-refractivity contribution in [3.05, 3.63) is 121 Å². The lowest BCUT2D eigenvalue weighted by atomic mass is 10.1. The molecule has 3 rings (SSSR count). The minimum Gasteiger partial charge on any atom is -0.356 e. The fraction of sp³-hybridized carbons (Fsp3) is 0.111. The number of allylic oxidation sites excluding steroid dienone is 4. The van der Waals surface area contributed by atoms with E-state index in [1.165, 1.54) is 11.1 Å². The average Bonchev–Trinajstić information content (AvgIpc) is 2.72. The summed E-state index contributed by atoms with van der Waals surface area (Å²) in [6.07, 6.45) is 7.82. The zero-order valence-corrected chi connectivity index (χ0v) is 17.4. The van der Waals surface area contributed by atoms with Crippen molar-refractivity contribution in [3.63, 3.8) is 0 Å². The minimum absolute atomic E-state index is 0.963. The first-order valence-electron chi connectivity index (χ1n) is 9.86. The summed E-state index contributed by atoms with van der Waals surface area (Å²) in [6.45, 7) is 10.1. The van der Waals surface area contributed by atoms with Crippen LogP contribution in [0.4, 0.5) is 22.7 Å². The molecule has 0 aliphatic rings. The Kier molecular flexibility index (Phi) is 6.70. The van der Waals surface area contributed by atoms with Crippen molar-refractivity contribution < 1.29 is 0 Å². The van der Waals surface area contributed by atoms with Gasteiger partial charge in [-0.15, -0.1) is 0 Å². The molecule has 29 heavy (non-hydrogen) atoms. The highest BCUT2D eigenvalue weighted by molar-refractivity contribution is 5.78. The van der Waals surface area contributed by atoms with Crippen molar-refractivity contribution in [3.8, 4) is 0 Å². The van der Waals surface area contributed by atoms with E-state index < -0.39 is 0 Å². The minimum atomic E-state index is 0.963. The van der Waals surface area contributed by atoms with Crippen molar-refractivity contribution >= 4 is 22.7 Å². The van der Waals surface area contributed by atoms with Gasteiger partial charge in [0.1, 0.15) is 0 Å². The third-order valence-corrected chi connectivity index (χ3v) is 4.62. The fourth-order valence-electron chi connectivity index (χ4n) is 3.20. The second kappa shape index (κ2) is 9.61. The predicted molar refractivity (Wildman–Crippen MR) is 127 cm³/mol. The van der Waals surface area contributed by atoms with E-state index in [4.69, 9.17) is 0 Å². The Morgan fingerprint density at radius 2 is 1.41 bits per heavy atom. The molecule has 2 nitrogen and oxygen atoms in total. The molecule has 0 spiro atoms. The first-order valence-corrected chi connectivity index (χ1v) is 9.86. The zero-order valence-electron chi connectivity index (χ0n) is 17.4. The number of hydrogen-bond donors (Lipinski definition) is 1. The van der Waals surface area contributed by atoms with Crippen molar-refractivity contribution in [1.29, 1.82) is 0 Å². The lowest BCUT2D eigenvalue weighted by Gasteiger charge is -2.26. The highest BCUT2D eigenvalue weighted by Gasteiger charge is 2.12. The molecule has 1 N–H and O–H groups in total. The molecule has 3 aromatic carbocycles. The predicted octanol–water partition coefficient (Wildman–Crippen LogP) is 7.83. The van der Waals surface area contributed by atoms with Gasteiger partial charge in [0.05, 0.1) is 0 Å². The molecule has 2 heteroatoms. The van der Waals surface area contributed by atoms with Gasteiger partial charge in [-0.1, -0.05) is 43.0 Å². The summed E-state index contributed by atoms with van der Waals surface area (Å²) >= 11 is 0. The highest BCUT2D eigenvalue weighted by Crippen LogP contribution is 2.35. The van der Waals surface area contributed by atoms with Crippen LogP contribution in [-0.4, -0.2) is 0 Å². The number of aryl methyl sites for hydroxylation is 2. The number of nitrogens with zero attached hydrogens (tertiary/aromatic N) is 1. The Labute approximate surface area is 174 Å². The smallest absolute Gasteiger partial charge is 0.0464 e. The molecule has 0 amide bonds. The van der Waals surface area contributed by atoms with Crippen LogP contribution in [0.25, 0.3) is 0 Å². The highest BCUT2D eigenvalue weighted by atomic mass is 15.1. The first kappa shape index (κ1) is 20.2.